The molecular formula is C15H30N2O2. The van der Waals surface area contributed by atoms with Gasteiger partial charge in [0.2, 0.25) is 5.91 Å². The van der Waals surface area contributed by atoms with E-state index in [2.05, 4.69) is 24.1 Å². The molecule has 19 heavy (non-hydrogen) atoms. The Morgan fingerprint density at radius 2 is 1.84 bits per heavy atom. The number of rotatable bonds is 6. The molecule has 4 nitrogen and oxygen atoms in total. The zero-order chi connectivity index (χ0) is 14.5. The van der Waals surface area contributed by atoms with Crippen LogP contribution in [0.5, 0.6) is 0 Å². The van der Waals surface area contributed by atoms with Crippen LogP contribution in [0, 0.1) is 5.92 Å². The quantitative estimate of drug-likeness (QED) is 0.773. The van der Waals surface area contributed by atoms with Crippen LogP contribution >= 0.6 is 0 Å². The van der Waals surface area contributed by atoms with Crippen molar-refractivity contribution < 1.29 is 9.90 Å². The first-order chi connectivity index (χ1) is 8.89. The van der Waals surface area contributed by atoms with Crippen molar-refractivity contribution in [3.63, 3.8) is 0 Å². The molecule has 0 aliphatic carbocycles. The Morgan fingerprint density at radius 3 is 2.32 bits per heavy atom. The van der Waals surface area contributed by atoms with E-state index in [-0.39, 0.29) is 18.6 Å². The van der Waals surface area contributed by atoms with Crippen LogP contribution in [0.25, 0.3) is 0 Å². The predicted octanol–water partition coefficient (Wildman–Crippen LogP) is 1.77. The second-order valence-corrected chi connectivity index (χ2v) is 6.44. The van der Waals surface area contributed by atoms with Crippen molar-refractivity contribution in [2.75, 3.05) is 19.7 Å². The maximum absolute atomic E-state index is 12.5. The van der Waals surface area contributed by atoms with Crippen molar-refractivity contribution in [2.45, 2.75) is 65.0 Å². The molecule has 1 heterocycles. The van der Waals surface area contributed by atoms with Crippen LogP contribution in [0.15, 0.2) is 0 Å². The van der Waals surface area contributed by atoms with Crippen LogP contribution in [0.4, 0.5) is 0 Å². The van der Waals surface area contributed by atoms with Gasteiger partial charge in [0.1, 0.15) is 0 Å². The third-order valence-corrected chi connectivity index (χ3v) is 4.26. The minimum atomic E-state index is -0.455. The summed E-state index contributed by atoms with van der Waals surface area (Å²) in [4.78, 5) is 14.8. The average molecular weight is 270 g/mol. The van der Waals surface area contributed by atoms with E-state index < -0.39 is 5.54 Å². The smallest absolute Gasteiger partial charge is 0.240 e. The van der Waals surface area contributed by atoms with Crippen LogP contribution in [-0.4, -0.2) is 47.2 Å². The number of nitrogens with one attached hydrogen (secondary N) is 1. The SMILES string of the molecule is CC(C)[C@H](CCO)NC(=O)C(C)(C)N1CCCCC1. The lowest BCUT2D eigenvalue weighted by Gasteiger charge is -2.40. The molecule has 2 N–H and O–H groups in total. The molecular weight excluding hydrogens is 240 g/mol. The van der Waals surface area contributed by atoms with Crippen LogP contribution in [0.3, 0.4) is 0 Å². The summed E-state index contributed by atoms with van der Waals surface area (Å²) in [5.41, 5.74) is -0.455. The molecule has 1 amide bonds. The first-order valence-electron chi connectivity index (χ1n) is 7.56. The van der Waals surface area contributed by atoms with Gasteiger partial charge >= 0.3 is 0 Å². The van der Waals surface area contributed by atoms with Crippen LogP contribution in [0.1, 0.15) is 53.4 Å². The van der Waals surface area contributed by atoms with E-state index in [9.17, 15) is 4.79 Å². The van der Waals surface area contributed by atoms with E-state index in [1.807, 2.05) is 13.8 Å². The number of carbonyl (C=O) groups excluding carboxylic acids is 1. The van der Waals surface area contributed by atoms with Crippen molar-refractivity contribution in [3.05, 3.63) is 0 Å². The number of hydrogen-bond donors (Lipinski definition) is 2. The molecule has 0 bridgehead atoms. The van der Waals surface area contributed by atoms with Gasteiger partial charge in [-0.3, -0.25) is 9.69 Å². The summed E-state index contributed by atoms with van der Waals surface area (Å²) < 4.78 is 0. The third-order valence-electron chi connectivity index (χ3n) is 4.26. The van der Waals surface area contributed by atoms with Gasteiger partial charge in [0.05, 0.1) is 5.54 Å². The topological polar surface area (TPSA) is 52.6 Å². The number of piperidine rings is 1. The maximum atomic E-state index is 12.5. The van der Waals surface area contributed by atoms with Crippen LogP contribution < -0.4 is 5.32 Å². The third kappa shape index (κ3) is 4.46. The molecule has 1 atom stereocenters. The fourth-order valence-electron chi connectivity index (χ4n) is 2.65. The van der Waals surface area contributed by atoms with Crippen LogP contribution in [0.2, 0.25) is 0 Å². The zero-order valence-electron chi connectivity index (χ0n) is 12.9. The van der Waals surface area contributed by atoms with E-state index in [0.717, 1.165) is 13.1 Å². The first kappa shape index (κ1) is 16.4. The lowest BCUT2D eigenvalue weighted by atomic mass is 9.95. The van der Waals surface area contributed by atoms with Crippen molar-refractivity contribution in [2.24, 2.45) is 5.92 Å². The lowest BCUT2D eigenvalue weighted by Crippen LogP contribution is -2.58. The van der Waals surface area contributed by atoms with Crippen molar-refractivity contribution in [3.8, 4) is 0 Å². The Kier molecular flexibility index (Phi) is 6.27. The normalized spacial score (nSPS) is 19.5. The van der Waals surface area contributed by atoms with Gasteiger partial charge in [0.15, 0.2) is 0 Å². The Bertz CT molecular complexity index is 284. The van der Waals surface area contributed by atoms with E-state index in [0.29, 0.717) is 12.3 Å². The zero-order valence-corrected chi connectivity index (χ0v) is 12.9. The van der Waals surface area contributed by atoms with E-state index in [1.54, 1.807) is 0 Å². The number of aliphatic hydroxyl groups excluding tert-OH is 1. The standard InChI is InChI=1S/C15H30N2O2/c1-12(2)13(8-11-18)16-14(19)15(3,4)17-9-6-5-7-10-17/h12-13,18H,5-11H2,1-4H3,(H,16,19)/t13-/m0/s1. The molecule has 0 aromatic heterocycles. The minimum Gasteiger partial charge on any atom is -0.396 e. The van der Waals surface area contributed by atoms with Gasteiger partial charge in [0.25, 0.3) is 0 Å². The van der Waals surface area contributed by atoms with Gasteiger partial charge in [-0.25, -0.2) is 0 Å². The molecule has 4 heteroatoms. The number of carbonyl (C=O) groups is 1. The number of hydrogen-bond acceptors (Lipinski definition) is 3. The van der Waals surface area contributed by atoms with Crippen molar-refractivity contribution >= 4 is 5.91 Å². The Hall–Kier alpha value is -0.610. The van der Waals surface area contributed by atoms with E-state index in [4.69, 9.17) is 5.11 Å². The summed E-state index contributed by atoms with van der Waals surface area (Å²) in [6.45, 7) is 10.3. The van der Waals surface area contributed by atoms with E-state index >= 15 is 0 Å². The number of nitrogens with zero attached hydrogens (tertiary/aromatic N) is 1. The molecule has 112 valence electrons. The molecule has 0 spiro atoms. The van der Waals surface area contributed by atoms with Gasteiger partial charge in [-0.2, -0.15) is 0 Å². The highest BCUT2D eigenvalue weighted by atomic mass is 16.3. The monoisotopic (exact) mass is 270 g/mol. The largest absolute Gasteiger partial charge is 0.396 e. The maximum Gasteiger partial charge on any atom is 0.240 e. The molecule has 0 aromatic rings. The van der Waals surface area contributed by atoms with Gasteiger partial charge in [0, 0.05) is 12.6 Å². The Balaban J connectivity index is 2.63. The summed E-state index contributed by atoms with van der Waals surface area (Å²) in [6, 6.07) is 0.0570. The highest BCUT2D eigenvalue weighted by molar-refractivity contribution is 5.85. The molecule has 1 saturated heterocycles. The Labute approximate surface area is 117 Å². The summed E-state index contributed by atoms with van der Waals surface area (Å²) in [5.74, 6) is 0.426. The molecule has 1 fully saturated rings. The fourth-order valence-corrected chi connectivity index (χ4v) is 2.65. The molecule has 1 aliphatic rings. The van der Waals surface area contributed by atoms with Gasteiger partial charge in [-0.1, -0.05) is 20.3 Å². The molecule has 0 radical (unpaired) electrons. The summed E-state index contributed by atoms with van der Waals surface area (Å²) in [6.07, 6.45) is 4.26. The second kappa shape index (κ2) is 7.25. The summed E-state index contributed by atoms with van der Waals surface area (Å²) >= 11 is 0. The molecule has 0 saturated carbocycles. The highest BCUT2D eigenvalue weighted by Gasteiger charge is 2.36. The first-order valence-corrected chi connectivity index (χ1v) is 7.56. The van der Waals surface area contributed by atoms with Crippen LogP contribution in [-0.2, 0) is 4.79 Å². The number of aliphatic hydroxyl groups is 1. The predicted molar refractivity (Wildman–Crippen MR) is 78.0 cm³/mol. The van der Waals surface area contributed by atoms with Gasteiger partial charge < -0.3 is 10.4 Å². The molecule has 0 aromatic carbocycles. The average Bonchev–Trinajstić information content (AvgIpc) is 2.38. The number of likely N-dealkylation sites (tertiary alicyclic amines) is 1. The fraction of sp³-hybridized carbons (Fsp3) is 0.933. The van der Waals surface area contributed by atoms with Gasteiger partial charge in [-0.05, 0) is 52.1 Å². The minimum absolute atomic E-state index is 0.0570. The van der Waals surface area contributed by atoms with E-state index in [1.165, 1.54) is 19.3 Å². The summed E-state index contributed by atoms with van der Waals surface area (Å²) in [7, 11) is 0. The van der Waals surface area contributed by atoms with Crippen molar-refractivity contribution in [1.82, 2.24) is 10.2 Å². The summed E-state index contributed by atoms with van der Waals surface area (Å²) in [5, 5.41) is 12.2. The lowest BCUT2D eigenvalue weighted by molar-refractivity contribution is -0.133. The Morgan fingerprint density at radius 1 is 1.26 bits per heavy atom. The molecule has 1 rings (SSSR count). The van der Waals surface area contributed by atoms with Crippen molar-refractivity contribution in [1.29, 1.82) is 0 Å². The molecule has 0 unspecified atom stereocenters. The second-order valence-electron chi connectivity index (χ2n) is 6.44. The number of amides is 1. The highest BCUT2D eigenvalue weighted by Crippen LogP contribution is 2.21. The van der Waals surface area contributed by atoms with Gasteiger partial charge in [-0.15, -0.1) is 0 Å². The molecule has 1 aliphatic heterocycles.